The summed E-state index contributed by atoms with van der Waals surface area (Å²) in [5.74, 6) is -0.945. The van der Waals surface area contributed by atoms with Gasteiger partial charge in [-0.2, -0.15) is 5.26 Å². The average Bonchev–Trinajstić information content (AvgIpc) is 2.89. The first-order chi connectivity index (χ1) is 17.4. The summed E-state index contributed by atoms with van der Waals surface area (Å²) in [4.78, 5) is 0. The molecule has 0 N–H and O–H groups in total. The summed E-state index contributed by atoms with van der Waals surface area (Å²) in [7, 11) is 0. The Morgan fingerprint density at radius 3 is 2.00 bits per heavy atom. The summed E-state index contributed by atoms with van der Waals surface area (Å²) in [6.07, 6.45) is 9.75. The van der Waals surface area contributed by atoms with E-state index >= 15 is 0 Å². The van der Waals surface area contributed by atoms with Crippen molar-refractivity contribution < 1.29 is 17.6 Å². The maximum absolute atomic E-state index is 13.3. The van der Waals surface area contributed by atoms with E-state index in [4.69, 9.17) is 5.26 Å². The minimum Gasteiger partial charge on any atom is -0.251 e. The van der Waals surface area contributed by atoms with Gasteiger partial charge in [0.15, 0.2) is 0 Å². The zero-order chi connectivity index (χ0) is 25.9. The molecule has 3 aromatic carbocycles. The van der Waals surface area contributed by atoms with Gasteiger partial charge in [-0.25, -0.2) is 13.2 Å². The van der Waals surface area contributed by atoms with Crippen molar-refractivity contribution in [3.05, 3.63) is 107 Å². The van der Waals surface area contributed by atoms with Gasteiger partial charge in [0.25, 0.3) is 0 Å². The van der Waals surface area contributed by atoms with Crippen LogP contribution in [0.2, 0.25) is 0 Å². The summed E-state index contributed by atoms with van der Waals surface area (Å²) >= 11 is 0. The second-order valence-corrected chi connectivity index (χ2v) is 9.20. The normalized spacial score (nSPS) is 17.0. The average molecular weight is 494 g/mol. The summed E-state index contributed by atoms with van der Waals surface area (Å²) in [6.45, 7) is 3.62. The molecule has 0 saturated heterocycles. The van der Waals surface area contributed by atoms with Crippen molar-refractivity contribution in [1.29, 1.82) is 5.26 Å². The molecule has 0 bridgehead atoms. The molecule has 0 aliphatic heterocycles. The van der Waals surface area contributed by atoms with Crippen molar-refractivity contribution in [2.45, 2.75) is 50.9 Å². The predicted octanol–water partition coefficient (Wildman–Crippen LogP) is 9.08. The molecule has 5 heteroatoms. The van der Waals surface area contributed by atoms with Gasteiger partial charge in [-0.3, -0.25) is 4.39 Å². The number of aryl methyl sites for hydroxylation is 1. The molecule has 0 heterocycles. The molecule has 0 radical (unpaired) electrons. The molecule has 0 amide bonds. The Kier molecular flexibility index (Phi) is 10.3. The van der Waals surface area contributed by atoms with Crippen LogP contribution in [0, 0.1) is 34.7 Å². The van der Waals surface area contributed by atoms with Gasteiger partial charge in [0.2, 0.25) is 0 Å². The van der Waals surface area contributed by atoms with Crippen LogP contribution in [-0.4, -0.2) is 6.67 Å². The van der Waals surface area contributed by atoms with E-state index in [1.165, 1.54) is 67.1 Å². The minimum atomic E-state index is -0.924. The van der Waals surface area contributed by atoms with Gasteiger partial charge in [-0.05, 0) is 103 Å². The van der Waals surface area contributed by atoms with Crippen LogP contribution in [0.5, 0.6) is 0 Å². The van der Waals surface area contributed by atoms with Gasteiger partial charge in [0.1, 0.15) is 29.1 Å². The highest BCUT2D eigenvalue weighted by Crippen LogP contribution is 2.37. The SMILES string of the molecule is C=CCCc1ccc(C2CCC(CCF)CC2)cc1.N#Cc1c(F)cc(-c2ccc(F)cc2)cc1F. The molecular formula is C31H31F4N. The molecule has 1 aliphatic rings. The predicted molar refractivity (Wildman–Crippen MR) is 137 cm³/mol. The lowest BCUT2D eigenvalue weighted by atomic mass is 9.77. The van der Waals surface area contributed by atoms with Crippen LogP contribution in [0.3, 0.4) is 0 Å². The lowest BCUT2D eigenvalue weighted by Gasteiger charge is -2.28. The Morgan fingerprint density at radius 1 is 0.861 bits per heavy atom. The van der Waals surface area contributed by atoms with E-state index in [0.717, 1.165) is 31.4 Å². The number of hydrogen-bond donors (Lipinski definition) is 0. The van der Waals surface area contributed by atoms with Gasteiger partial charge in [0.05, 0.1) is 6.67 Å². The van der Waals surface area contributed by atoms with Crippen LogP contribution < -0.4 is 0 Å². The van der Waals surface area contributed by atoms with Crippen LogP contribution in [0.1, 0.15) is 61.1 Å². The lowest BCUT2D eigenvalue weighted by Crippen LogP contribution is -2.13. The van der Waals surface area contributed by atoms with E-state index in [1.54, 1.807) is 0 Å². The van der Waals surface area contributed by atoms with Crippen LogP contribution in [-0.2, 0) is 6.42 Å². The maximum atomic E-state index is 13.3. The van der Waals surface area contributed by atoms with E-state index in [9.17, 15) is 17.6 Å². The fourth-order valence-electron chi connectivity index (χ4n) is 4.65. The van der Waals surface area contributed by atoms with Gasteiger partial charge in [0, 0.05) is 0 Å². The summed E-state index contributed by atoms with van der Waals surface area (Å²) in [6, 6.07) is 17.9. The van der Waals surface area contributed by atoms with Crippen LogP contribution in [0.15, 0.2) is 73.3 Å². The standard InChI is InChI=1S/C18H25F.C13H6F3N/c1-2-3-4-15-5-9-17(10-6-15)18-11-7-16(8-12-18)13-14-19;14-10-3-1-8(2-4-10)9-5-12(15)11(7-17)13(16)6-9/h2,5-6,9-10,16,18H,1,3-4,7-8,11-14H2;1-6H. The fourth-order valence-corrected chi connectivity index (χ4v) is 4.65. The minimum absolute atomic E-state index is 0.146. The lowest BCUT2D eigenvalue weighted by molar-refractivity contribution is 0.283. The van der Waals surface area contributed by atoms with Crippen LogP contribution in [0.4, 0.5) is 17.6 Å². The Bertz CT molecular complexity index is 1130. The molecule has 0 spiro atoms. The number of allylic oxidation sites excluding steroid dienone is 1. The van der Waals surface area contributed by atoms with E-state index < -0.39 is 23.0 Å². The quantitative estimate of drug-likeness (QED) is 0.238. The molecule has 4 rings (SSSR count). The molecule has 0 unspecified atom stereocenters. The number of nitriles is 1. The highest BCUT2D eigenvalue weighted by Gasteiger charge is 2.22. The van der Waals surface area contributed by atoms with Crippen molar-refractivity contribution >= 4 is 0 Å². The van der Waals surface area contributed by atoms with Gasteiger partial charge in [-0.15, -0.1) is 6.58 Å². The number of rotatable bonds is 7. The molecular weight excluding hydrogens is 462 g/mol. The molecule has 0 aromatic heterocycles. The fraction of sp³-hybridized carbons (Fsp3) is 0.323. The van der Waals surface area contributed by atoms with Gasteiger partial charge in [-0.1, -0.05) is 42.5 Å². The number of alkyl halides is 1. The highest BCUT2D eigenvalue weighted by atomic mass is 19.1. The highest BCUT2D eigenvalue weighted by molar-refractivity contribution is 5.64. The second-order valence-electron chi connectivity index (χ2n) is 9.20. The van der Waals surface area contributed by atoms with E-state index in [1.807, 2.05) is 6.08 Å². The number of hydrogen-bond acceptors (Lipinski definition) is 1. The van der Waals surface area contributed by atoms with Gasteiger partial charge >= 0.3 is 0 Å². The Balaban J connectivity index is 0.000000202. The largest absolute Gasteiger partial charge is 0.251 e. The third kappa shape index (κ3) is 7.55. The third-order valence-electron chi connectivity index (χ3n) is 6.78. The number of nitrogens with zero attached hydrogens (tertiary/aromatic N) is 1. The molecule has 3 aromatic rings. The molecule has 1 aliphatic carbocycles. The van der Waals surface area contributed by atoms with Crippen LogP contribution >= 0.6 is 0 Å². The number of benzene rings is 3. The summed E-state index contributed by atoms with van der Waals surface area (Å²) in [5.41, 5.74) is 3.00. The Hall–Kier alpha value is -3.39. The Morgan fingerprint density at radius 2 is 1.47 bits per heavy atom. The Labute approximate surface area is 211 Å². The summed E-state index contributed by atoms with van der Waals surface area (Å²) < 4.78 is 51.7. The van der Waals surface area contributed by atoms with E-state index in [2.05, 4.69) is 30.8 Å². The van der Waals surface area contributed by atoms with E-state index in [-0.39, 0.29) is 12.2 Å². The summed E-state index contributed by atoms with van der Waals surface area (Å²) in [5, 5.41) is 8.52. The first-order valence-corrected chi connectivity index (χ1v) is 12.4. The molecule has 1 nitrogen and oxygen atoms in total. The van der Waals surface area contributed by atoms with Crippen molar-refractivity contribution in [2.75, 3.05) is 6.67 Å². The topological polar surface area (TPSA) is 23.8 Å². The second kappa shape index (κ2) is 13.6. The van der Waals surface area contributed by atoms with Crippen molar-refractivity contribution in [3.8, 4) is 17.2 Å². The maximum Gasteiger partial charge on any atom is 0.144 e. The smallest absolute Gasteiger partial charge is 0.144 e. The first kappa shape index (κ1) is 27.2. The van der Waals surface area contributed by atoms with E-state index in [0.29, 0.717) is 17.4 Å². The van der Waals surface area contributed by atoms with Crippen LogP contribution in [0.25, 0.3) is 11.1 Å². The molecule has 1 saturated carbocycles. The zero-order valence-electron chi connectivity index (χ0n) is 20.3. The molecule has 188 valence electrons. The first-order valence-electron chi connectivity index (χ1n) is 12.4. The zero-order valence-corrected chi connectivity index (χ0v) is 20.3. The van der Waals surface area contributed by atoms with Gasteiger partial charge < -0.3 is 0 Å². The van der Waals surface area contributed by atoms with Crippen molar-refractivity contribution in [1.82, 2.24) is 0 Å². The van der Waals surface area contributed by atoms with Crippen molar-refractivity contribution in [2.24, 2.45) is 5.92 Å². The molecule has 36 heavy (non-hydrogen) atoms. The molecule has 1 fully saturated rings. The van der Waals surface area contributed by atoms with Crippen molar-refractivity contribution in [3.63, 3.8) is 0 Å². The monoisotopic (exact) mass is 493 g/mol. The molecule has 0 atom stereocenters. The number of halogens is 4. The third-order valence-corrected chi connectivity index (χ3v) is 6.78.